The van der Waals surface area contributed by atoms with E-state index >= 15 is 0 Å². The molecule has 1 amide bonds. The Kier molecular flexibility index (Phi) is 5.18. The first kappa shape index (κ1) is 17.9. The molecule has 3 rings (SSSR count). The second-order valence-corrected chi connectivity index (χ2v) is 6.52. The number of carbonyl (C=O) groups excluding carboxylic acids is 1. The fourth-order valence-electron chi connectivity index (χ4n) is 3.06. The Hall–Kier alpha value is -2.93. The van der Waals surface area contributed by atoms with Gasteiger partial charge in [-0.1, -0.05) is 12.1 Å². The summed E-state index contributed by atoms with van der Waals surface area (Å²) in [7, 11) is 2.12. The molecule has 1 aliphatic rings. The number of anilines is 2. The number of rotatable bonds is 4. The number of piperazine rings is 1. The molecule has 7 nitrogen and oxygen atoms in total. The highest BCUT2D eigenvalue weighted by Crippen LogP contribution is 2.25. The van der Waals surface area contributed by atoms with E-state index in [1.165, 1.54) is 12.1 Å². The van der Waals surface area contributed by atoms with Gasteiger partial charge in [-0.05, 0) is 43.8 Å². The summed E-state index contributed by atoms with van der Waals surface area (Å²) < 4.78 is 0. The lowest BCUT2D eigenvalue weighted by Gasteiger charge is -2.34. The van der Waals surface area contributed by atoms with E-state index in [1.807, 2.05) is 25.1 Å². The molecule has 1 aliphatic heterocycles. The highest BCUT2D eigenvalue weighted by Gasteiger charge is 2.20. The van der Waals surface area contributed by atoms with Gasteiger partial charge in [-0.2, -0.15) is 0 Å². The van der Waals surface area contributed by atoms with Crippen molar-refractivity contribution in [2.45, 2.75) is 6.92 Å². The van der Waals surface area contributed by atoms with Gasteiger partial charge in [0.1, 0.15) is 5.56 Å². The molecule has 0 saturated carbocycles. The van der Waals surface area contributed by atoms with E-state index in [-0.39, 0.29) is 11.3 Å². The SMILES string of the molecule is Cc1cc(N2CCN(C)CC2)ccc1NC(=O)c1ccccc1[N+](=O)[O-]. The maximum Gasteiger partial charge on any atom is 0.282 e. The minimum absolute atomic E-state index is 0.0556. The van der Waals surface area contributed by atoms with Crippen LogP contribution in [-0.2, 0) is 0 Å². The monoisotopic (exact) mass is 354 g/mol. The lowest BCUT2D eigenvalue weighted by molar-refractivity contribution is -0.385. The van der Waals surface area contributed by atoms with E-state index in [1.54, 1.807) is 12.1 Å². The Bertz CT molecular complexity index is 829. The van der Waals surface area contributed by atoms with Crippen molar-refractivity contribution in [2.24, 2.45) is 0 Å². The van der Waals surface area contributed by atoms with Crippen LogP contribution in [0.4, 0.5) is 17.1 Å². The molecule has 0 aromatic heterocycles. The standard InChI is InChI=1S/C19H22N4O3/c1-14-13-15(22-11-9-21(2)10-12-22)7-8-17(14)20-19(24)16-5-3-4-6-18(16)23(25)26/h3-8,13H,9-12H2,1-2H3,(H,20,24). The molecular weight excluding hydrogens is 332 g/mol. The molecule has 0 unspecified atom stereocenters. The lowest BCUT2D eigenvalue weighted by atomic mass is 10.1. The number of hydrogen-bond donors (Lipinski definition) is 1. The van der Waals surface area contributed by atoms with Crippen LogP contribution in [0.15, 0.2) is 42.5 Å². The number of aryl methyl sites for hydroxylation is 1. The molecule has 1 heterocycles. The van der Waals surface area contributed by atoms with E-state index < -0.39 is 10.8 Å². The highest BCUT2D eigenvalue weighted by molar-refractivity contribution is 6.07. The second kappa shape index (κ2) is 7.53. The zero-order valence-corrected chi connectivity index (χ0v) is 14.9. The molecule has 136 valence electrons. The highest BCUT2D eigenvalue weighted by atomic mass is 16.6. The van der Waals surface area contributed by atoms with E-state index in [0.717, 1.165) is 37.4 Å². The molecule has 0 bridgehead atoms. The van der Waals surface area contributed by atoms with Gasteiger partial charge in [0.2, 0.25) is 0 Å². The van der Waals surface area contributed by atoms with Gasteiger partial charge in [-0.15, -0.1) is 0 Å². The lowest BCUT2D eigenvalue weighted by Crippen LogP contribution is -2.44. The van der Waals surface area contributed by atoms with E-state index in [2.05, 4.69) is 22.2 Å². The maximum atomic E-state index is 12.5. The summed E-state index contributed by atoms with van der Waals surface area (Å²) in [6.07, 6.45) is 0. The first-order valence-corrected chi connectivity index (χ1v) is 8.54. The van der Waals surface area contributed by atoms with Gasteiger partial charge in [0.05, 0.1) is 4.92 Å². The Morgan fingerprint density at radius 3 is 2.46 bits per heavy atom. The number of para-hydroxylation sites is 1. The second-order valence-electron chi connectivity index (χ2n) is 6.52. The third kappa shape index (κ3) is 3.83. The third-order valence-corrected chi connectivity index (χ3v) is 4.67. The molecule has 0 spiro atoms. The largest absolute Gasteiger partial charge is 0.369 e. The van der Waals surface area contributed by atoms with Gasteiger partial charge in [0, 0.05) is 43.6 Å². The van der Waals surface area contributed by atoms with Crippen LogP contribution >= 0.6 is 0 Å². The Morgan fingerprint density at radius 2 is 1.81 bits per heavy atom. The molecule has 2 aromatic rings. The van der Waals surface area contributed by atoms with Crippen molar-refractivity contribution >= 4 is 23.0 Å². The molecule has 0 aliphatic carbocycles. The van der Waals surface area contributed by atoms with Crippen LogP contribution in [0.2, 0.25) is 0 Å². The number of carbonyl (C=O) groups is 1. The fourth-order valence-corrected chi connectivity index (χ4v) is 3.06. The first-order valence-electron chi connectivity index (χ1n) is 8.54. The average molecular weight is 354 g/mol. The molecule has 1 fully saturated rings. The number of nitro groups is 1. The number of hydrogen-bond acceptors (Lipinski definition) is 5. The molecular formula is C19H22N4O3. The Balaban J connectivity index is 1.76. The Morgan fingerprint density at radius 1 is 1.12 bits per heavy atom. The minimum atomic E-state index is -0.543. The van der Waals surface area contributed by atoms with Crippen LogP contribution in [0.5, 0.6) is 0 Å². The van der Waals surface area contributed by atoms with E-state index in [0.29, 0.717) is 5.69 Å². The van der Waals surface area contributed by atoms with Crippen molar-refractivity contribution < 1.29 is 9.72 Å². The predicted octanol–water partition coefficient (Wildman–Crippen LogP) is 2.91. The minimum Gasteiger partial charge on any atom is -0.369 e. The summed E-state index contributed by atoms with van der Waals surface area (Å²) in [6.45, 7) is 5.91. The smallest absolute Gasteiger partial charge is 0.282 e. The van der Waals surface area contributed by atoms with Gasteiger partial charge in [0.15, 0.2) is 0 Å². The van der Waals surface area contributed by atoms with Crippen LogP contribution < -0.4 is 10.2 Å². The van der Waals surface area contributed by atoms with E-state index in [4.69, 9.17) is 0 Å². The zero-order chi connectivity index (χ0) is 18.7. The van der Waals surface area contributed by atoms with Crippen molar-refractivity contribution in [3.8, 4) is 0 Å². The first-order chi connectivity index (χ1) is 12.5. The van der Waals surface area contributed by atoms with Gasteiger partial charge < -0.3 is 15.1 Å². The van der Waals surface area contributed by atoms with Crippen LogP contribution in [-0.4, -0.2) is 49.0 Å². The maximum absolute atomic E-state index is 12.5. The van der Waals surface area contributed by atoms with Gasteiger partial charge in [-0.3, -0.25) is 14.9 Å². The summed E-state index contributed by atoms with van der Waals surface area (Å²) in [5.41, 5.74) is 2.57. The van der Waals surface area contributed by atoms with Crippen LogP contribution in [0, 0.1) is 17.0 Å². The topological polar surface area (TPSA) is 78.7 Å². The number of nitro benzene ring substituents is 1. The van der Waals surface area contributed by atoms with Crippen molar-refractivity contribution in [2.75, 3.05) is 43.4 Å². The normalized spacial score (nSPS) is 14.9. The van der Waals surface area contributed by atoms with Crippen molar-refractivity contribution in [3.05, 3.63) is 63.7 Å². The van der Waals surface area contributed by atoms with Crippen molar-refractivity contribution in [3.63, 3.8) is 0 Å². The average Bonchev–Trinajstić information content (AvgIpc) is 2.64. The van der Waals surface area contributed by atoms with Crippen molar-refractivity contribution in [1.29, 1.82) is 0 Å². The summed E-state index contributed by atoms with van der Waals surface area (Å²) in [4.78, 5) is 27.7. The van der Waals surface area contributed by atoms with Crippen LogP contribution in [0.1, 0.15) is 15.9 Å². The molecule has 0 radical (unpaired) electrons. The number of likely N-dealkylation sites (N-methyl/N-ethyl adjacent to an activating group) is 1. The van der Waals surface area contributed by atoms with Gasteiger partial charge in [-0.25, -0.2) is 0 Å². The number of nitrogens with zero attached hydrogens (tertiary/aromatic N) is 3. The summed E-state index contributed by atoms with van der Waals surface area (Å²) in [5.74, 6) is -0.479. The van der Waals surface area contributed by atoms with Crippen LogP contribution in [0.3, 0.4) is 0 Å². The number of nitrogens with one attached hydrogen (secondary N) is 1. The molecule has 0 atom stereocenters. The molecule has 2 aromatic carbocycles. The molecule has 1 saturated heterocycles. The van der Waals surface area contributed by atoms with Gasteiger partial charge >= 0.3 is 0 Å². The molecule has 26 heavy (non-hydrogen) atoms. The predicted molar refractivity (Wildman–Crippen MR) is 102 cm³/mol. The van der Waals surface area contributed by atoms with E-state index in [9.17, 15) is 14.9 Å². The van der Waals surface area contributed by atoms with Crippen molar-refractivity contribution in [1.82, 2.24) is 4.90 Å². The number of benzene rings is 2. The Labute approximate surface area is 152 Å². The molecule has 7 heteroatoms. The zero-order valence-electron chi connectivity index (χ0n) is 14.9. The third-order valence-electron chi connectivity index (χ3n) is 4.67. The quantitative estimate of drug-likeness (QED) is 0.675. The fraction of sp³-hybridized carbons (Fsp3) is 0.316. The van der Waals surface area contributed by atoms with Crippen LogP contribution in [0.25, 0.3) is 0 Å². The summed E-state index contributed by atoms with van der Waals surface area (Å²) in [5, 5.41) is 13.9. The number of amides is 1. The summed E-state index contributed by atoms with van der Waals surface area (Å²) in [6, 6.07) is 11.8. The van der Waals surface area contributed by atoms with Gasteiger partial charge in [0.25, 0.3) is 11.6 Å². The summed E-state index contributed by atoms with van der Waals surface area (Å²) >= 11 is 0. The molecule has 1 N–H and O–H groups in total.